The maximum absolute atomic E-state index is 12.5. The van der Waals surface area contributed by atoms with Crippen LogP contribution in [0, 0.1) is 5.92 Å². The zero-order valence-electron chi connectivity index (χ0n) is 16.4. The molecule has 1 aromatic carbocycles. The van der Waals surface area contributed by atoms with Crippen molar-refractivity contribution in [1.82, 2.24) is 4.98 Å². The van der Waals surface area contributed by atoms with Gasteiger partial charge in [-0.1, -0.05) is 24.3 Å². The lowest BCUT2D eigenvalue weighted by molar-refractivity contribution is -0.149. The van der Waals surface area contributed by atoms with Gasteiger partial charge in [0.2, 0.25) is 0 Å². The highest BCUT2D eigenvalue weighted by Crippen LogP contribution is 2.36. The van der Waals surface area contributed by atoms with Crippen LogP contribution in [0.4, 0.5) is 5.82 Å². The number of fused-ring (bicyclic) bond motifs is 1. The van der Waals surface area contributed by atoms with Gasteiger partial charge in [0.15, 0.2) is 0 Å². The largest absolute Gasteiger partial charge is 0.466 e. The lowest BCUT2D eigenvalue weighted by atomic mass is 9.79. The van der Waals surface area contributed by atoms with Gasteiger partial charge in [-0.3, -0.25) is 9.59 Å². The van der Waals surface area contributed by atoms with E-state index in [-0.39, 0.29) is 17.8 Å². The number of carbonyl (C=O) groups excluding carboxylic acids is 2. The number of anilines is 1. The van der Waals surface area contributed by atoms with E-state index in [2.05, 4.69) is 10.3 Å². The number of carbonyl (C=O) groups is 2. The molecule has 0 saturated heterocycles. The van der Waals surface area contributed by atoms with Crippen LogP contribution in [0.25, 0.3) is 10.1 Å². The summed E-state index contributed by atoms with van der Waals surface area (Å²) in [5.74, 6) is 0.778. The molecule has 0 spiro atoms. The monoisotopic (exact) mass is 408 g/mol. The molecular weight excluding hydrogens is 384 g/mol. The molecule has 1 amide bonds. The number of rotatable bonds is 5. The van der Waals surface area contributed by atoms with Crippen molar-refractivity contribution in [2.24, 2.45) is 5.92 Å². The minimum atomic E-state index is -0.138. The second-order valence-electron chi connectivity index (χ2n) is 7.38. The average Bonchev–Trinajstić information content (AvgIpc) is 3.19. The molecule has 1 aliphatic rings. The summed E-state index contributed by atoms with van der Waals surface area (Å²) >= 11 is 1.48. The van der Waals surface area contributed by atoms with E-state index in [1.807, 2.05) is 55.6 Å². The lowest BCUT2D eigenvalue weighted by Crippen LogP contribution is -2.23. The topological polar surface area (TPSA) is 68.3 Å². The van der Waals surface area contributed by atoms with Crippen molar-refractivity contribution >= 4 is 39.1 Å². The van der Waals surface area contributed by atoms with Crippen molar-refractivity contribution < 1.29 is 14.3 Å². The third kappa shape index (κ3) is 4.48. The van der Waals surface area contributed by atoms with Gasteiger partial charge in [0.25, 0.3) is 5.91 Å². The summed E-state index contributed by atoms with van der Waals surface area (Å²) in [6.07, 6.45) is 5.47. The van der Waals surface area contributed by atoms with E-state index in [1.54, 1.807) is 0 Å². The Balaban J connectivity index is 1.36. The molecule has 0 radical (unpaired) electrons. The van der Waals surface area contributed by atoms with Gasteiger partial charge in [0.1, 0.15) is 5.82 Å². The highest BCUT2D eigenvalue weighted by atomic mass is 32.1. The van der Waals surface area contributed by atoms with Crippen molar-refractivity contribution in [1.29, 1.82) is 0 Å². The average molecular weight is 409 g/mol. The van der Waals surface area contributed by atoms with Gasteiger partial charge in [-0.2, -0.15) is 0 Å². The molecular formula is C23H24N2O3S. The molecule has 1 aliphatic carbocycles. The Morgan fingerprint density at radius 3 is 2.62 bits per heavy atom. The van der Waals surface area contributed by atoms with Gasteiger partial charge in [-0.25, -0.2) is 4.98 Å². The highest BCUT2D eigenvalue weighted by Gasteiger charge is 2.28. The van der Waals surface area contributed by atoms with Crippen molar-refractivity contribution in [3.63, 3.8) is 0 Å². The fraction of sp³-hybridized carbons (Fsp3) is 0.348. The third-order valence-electron chi connectivity index (χ3n) is 5.50. The Labute approximate surface area is 174 Å². The van der Waals surface area contributed by atoms with Crippen LogP contribution in [0.2, 0.25) is 0 Å². The highest BCUT2D eigenvalue weighted by molar-refractivity contribution is 7.20. The molecule has 2 aromatic heterocycles. The van der Waals surface area contributed by atoms with Crippen LogP contribution >= 0.6 is 11.3 Å². The van der Waals surface area contributed by atoms with Gasteiger partial charge in [-0.05, 0) is 67.7 Å². The number of amides is 1. The predicted molar refractivity (Wildman–Crippen MR) is 115 cm³/mol. The molecule has 1 N–H and O–H groups in total. The summed E-state index contributed by atoms with van der Waals surface area (Å²) in [6.45, 7) is 2.29. The predicted octanol–water partition coefficient (Wildman–Crippen LogP) is 5.39. The molecule has 6 heteroatoms. The number of hydrogen-bond donors (Lipinski definition) is 1. The van der Waals surface area contributed by atoms with Crippen LogP contribution in [-0.2, 0) is 9.53 Å². The molecule has 1 saturated carbocycles. The van der Waals surface area contributed by atoms with Crippen LogP contribution in [0.1, 0.15) is 53.8 Å². The fourth-order valence-electron chi connectivity index (χ4n) is 3.91. The first-order valence-electron chi connectivity index (χ1n) is 10.1. The van der Waals surface area contributed by atoms with Crippen LogP contribution in [0.15, 0.2) is 48.7 Å². The maximum atomic E-state index is 12.5. The van der Waals surface area contributed by atoms with Crippen LogP contribution in [0.3, 0.4) is 0 Å². The summed E-state index contributed by atoms with van der Waals surface area (Å²) in [5, 5.41) is 3.96. The molecule has 0 aliphatic heterocycles. The van der Waals surface area contributed by atoms with Crippen molar-refractivity contribution in [3.8, 4) is 0 Å². The number of nitrogens with zero attached hydrogens (tertiary/aromatic N) is 1. The van der Waals surface area contributed by atoms with Gasteiger partial charge in [0.05, 0.1) is 17.4 Å². The summed E-state index contributed by atoms with van der Waals surface area (Å²) in [6, 6.07) is 13.8. The van der Waals surface area contributed by atoms with E-state index >= 15 is 0 Å². The second-order valence-corrected chi connectivity index (χ2v) is 8.46. The van der Waals surface area contributed by atoms with Crippen molar-refractivity contribution in [3.05, 3.63) is 59.1 Å². The molecule has 0 atom stereocenters. The Morgan fingerprint density at radius 2 is 1.93 bits per heavy atom. The third-order valence-corrected chi connectivity index (χ3v) is 6.61. The van der Waals surface area contributed by atoms with E-state index in [4.69, 9.17) is 4.74 Å². The zero-order chi connectivity index (χ0) is 20.2. The summed E-state index contributed by atoms with van der Waals surface area (Å²) in [7, 11) is 0. The van der Waals surface area contributed by atoms with Crippen molar-refractivity contribution in [2.75, 3.05) is 11.9 Å². The number of thiophene rings is 1. The van der Waals surface area contributed by atoms with Gasteiger partial charge < -0.3 is 10.1 Å². The van der Waals surface area contributed by atoms with E-state index in [0.29, 0.717) is 23.2 Å². The van der Waals surface area contributed by atoms with E-state index in [1.165, 1.54) is 11.3 Å². The first-order chi connectivity index (χ1) is 14.1. The Bertz CT molecular complexity index is 971. The number of esters is 1. The quantitative estimate of drug-likeness (QED) is 0.575. The van der Waals surface area contributed by atoms with E-state index in [9.17, 15) is 9.59 Å². The molecule has 1 fully saturated rings. The molecule has 0 unspecified atom stereocenters. The van der Waals surface area contributed by atoms with Crippen molar-refractivity contribution in [2.45, 2.75) is 38.5 Å². The van der Waals surface area contributed by atoms with Gasteiger partial charge in [0, 0.05) is 10.9 Å². The Morgan fingerprint density at radius 1 is 1.14 bits per heavy atom. The first-order valence-corrected chi connectivity index (χ1v) is 10.9. The summed E-state index contributed by atoms with van der Waals surface area (Å²) in [4.78, 5) is 29.5. The zero-order valence-corrected chi connectivity index (χ0v) is 17.2. The van der Waals surface area contributed by atoms with Gasteiger partial charge >= 0.3 is 5.97 Å². The fourth-order valence-corrected chi connectivity index (χ4v) is 4.87. The summed E-state index contributed by atoms with van der Waals surface area (Å²) in [5.41, 5.74) is 1.16. The first kappa shape index (κ1) is 19.6. The molecule has 29 heavy (non-hydrogen) atoms. The van der Waals surface area contributed by atoms with Gasteiger partial charge in [-0.15, -0.1) is 11.3 Å². The standard InChI is InChI=1S/C23H24N2O3S/c1-2-28-23(27)16-9-7-15(8-10-16)18-11-12-21(24-14-18)25-22(26)20-13-17-5-3-4-6-19(17)29-20/h3-6,11-16H,2,7-10H2,1H3,(H,24,25,26). The number of nitrogens with one attached hydrogen (secondary N) is 1. The molecule has 150 valence electrons. The Hall–Kier alpha value is -2.73. The number of aromatic nitrogens is 1. The number of benzene rings is 1. The number of ether oxygens (including phenoxy) is 1. The van der Waals surface area contributed by atoms with Crippen LogP contribution in [0.5, 0.6) is 0 Å². The Kier molecular flexibility index (Phi) is 5.90. The maximum Gasteiger partial charge on any atom is 0.308 e. The number of hydrogen-bond acceptors (Lipinski definition) is 5. The van der Waals surface area contributed by atoms with Crippen LogP contribution in [-0.4, -0.2) is 23.5 Å². The summed E-state index contributed by atoms with van der Waals surface area (Å²) < 4.78 is 6.24. The minimum absolute atomic E-state index is 0.0269. The molecule has 2 heterocycles. The molecule has 0 bridgehead atoms. The second kappa shape index (κ2) is 8.74. The molecule has 4 rings (SSSR count). The van der Waals surface area contributed by atoms with E-state index < -0.39 is 0 Å². The lowest BCUT2D eigenvalue weighted by Gasteiger charge is -2.27. The molecule has 3 aromatic rings. The van der Waals surface area contributed by atoms with E-state index in [0.717, 1.165) is 41.3 Å². The van der Waals surface area contributed by atoms with Crippen LogP contribution < -0.4 is 5.32 Å². The smallest absolute Gasteiger partial charge is 0.308 e. The minimum Gasteiger partial charge on any atom is -0.466 e. The SMILES string of the molecule is CCOC(=O)C1CCC(c2ccc(NC(=O)c3cc4ccccc4s3)nc2)CC1. The molecule has 5 nitrogen and oxygen atoms in total. The normalized spacial score (nSPS) is 19.1. The number of pyridine rings is 1.